The summed E-state index contributed by atoms with van der Waals surface area (Å²) in [4.78, 5) is 16.4. The van der Waals surface area contributed by atoms with Crippen molar-refractivity contribution in [3.05, 3.63) is 76.8 Å². The highest BCUT2D eigenvalue weighted by Crippen LogP contribution is 2.24. The molecule has 4 nitrogen and oxygen atoms in total. The zero-order chi connectivity index (χ0) is 18.4. The van der Waals surface area contributed by atoms with Crippen molar-refractivity contribution < 1.29 is 14.3 Å². The quantitative estimate of drug-likeness (QED) is 0.461. The Hall–Kier alpha value is -2.92. The number of methoxy groups -OCH3 is 1. The van der Waals surface area contributed by atoms with Gasteiger partial charge in [-0.15, -0.1) is 11.3 Å². The molecule has 0 radical (unpaired) electrons. The molecule has 0 unspecified atom stereocenters. The van der Waals surface area contributed by atoms with Crippen molar-refractivity contribution in [2.24, 2.45) is 0 Å². The molecule has 0 aliphatic rings. The van der Waals surface area contributed by atoms with Crippen LogP contribution in [-0.2, 0) is 16.1 Å². The fourth-order valence-corrected chi connectivity index (χ4v) is 3.12. The Morgan fingerprint density at radius 2 is 2.00 bits per heavy atom. The van der Waals surface area contributed by atoms with E-state index in [0.717, 1.165) is 27.6 Å². The summed E-state index contributed by atoms with van der Waals surface area (Å²) in [5.41, 5.74) is 3.89. The third-order valence-electron chi connectivity index (χ3n) is 3.72. The summed E-state index contributed by atoms with van der Waals surface area (Å²) in [6.45, 7) is 2.21. The second kappa shape index (κ2) is 8.45. The van der Waals surface area contributed by atoms with E-state index in [1.807, 2.05) is 41.8 Å². The molecule has 0 aliphatic carbocycles. The van der Waals surface area contributed by atoms with Gasteiger partial charge in [0.15, 0.2) is 0 Å². The molecule has 26 heavy (non-hydrogen) atoms. The molecule has 1 aromatic heterocycles. The molecule has 0 fully saturated rings. The first-order valence-corrected chi connectivity index (χ1v) is 9.02. The summed E-state index contributed by atoms with van der Waals surface area (Å²) < 4.78 is 10.4. The van der Waals surface area contributed by atoms with E-state index in [2.05, 4.69) is 24.0 Å². The number of esters is 1. The number of aryl methyl sites for hydroxylation is 1. The van der Waals surface area contributed by atoms with Gasteiger partial charge in [0.2, 0.25) is 0 Å². The molecule has 132 valence electrons. The monoisotopic (exact) mass is 365 g/mol. The van der Waals surface area contributed by atoms with Gasteiger partial charge in [0.25, 0.3) is 0 Å². The second-order valence-electron chi connectivity index (χ2n) is 5.73. The van der Waals surface area contributed by atoms with Gasteiger partial charge in [-0.25, -0.2) is 9.78 Å². The van der Waals surface area contributed by atoms with Crippen molar-refractivity contribution in [1.82, 2.24) is 4.98 Å². The number of ether oxygens (including phenoxy) is 2. The number of benzene rings is 2. The molecule has 2 aromatic carbocycles. The number of rotatable bonds is 6. The molecule has 3 aromatic rings. The predicted octanol–water partition coefficient (Wildman–Crippen LogP) is 4.88. The summed E-state index contributed by atoms with van der Waals surface area (Å²) in [6, 6.07) is 15.6. The van der Waals surface area contributed by atoms with Gasteiger partial charge in [-0.05, 0) is 30.7 Å². The highest BCUT2D eigenvalue weighted by Gasteiger charge is 2.06. The van der Waals surface area contributed by atoms with Crippen molar-refractivity contribution in [2.45, 2.75) is 13.5 Å². The molecule has 1 heterocycles. The van der Waals surface area contributed by atoms with Crippen LogP contribution in [0.5, 0.6) is 5.75 Å². The molecule has 5 heteroatoms. The van der Waals surface area contributed by atoms with Crippen molar-refractivity contribution >= 4 is 23.4 Å². The summed E-state index contributed by atoms with van der Waals surface area (Å²) in [7, 11) is 1.61. The number of aromatic nitrogens is 1. The Morgan fingerprint density at radius 3 is 2.77 bits per heavy atom. The fraction of sp³-hybridized carbons (Fsp3) is 0.143. The third-order valence-corrected chi connectivity index (χ3v) is 4.66. The van der Waals surface area contributed by atoms with Crippen molar-refractivity contribution in [3.8, 4) is 16.3 Å². The van der Waals surface area contributed by atoms with Crippen molar-refractivity contribution in [2.75, 3.05) is 7.11 Å². The molecule has 0 aliphatic heterocycles. The van der Waals surface area contributed by atoms with E-state index >= 15 is 0 Å². The van der Waals surface area contributed by atoms with Crippen molar-refractivity contribution in [3.63, 3.8) is 0 Å². The van der Waals surface area contributed by atoms with E-state index in [4.69, 9.17) is 9.47 Å². The largest absolute Gasteiger partial charge is 0.497 e. The summed E-state index contributed by atoms with van der Waals surface area (Å²) >= 11 is 1.54. The smallest absolute Gasteiger partial charge is 0.331 e. The number of nitrogens with zero attached hydrogens (tertiary/aromatic N) is 1. The Labute approximate surface area is 156 Å². The molecule has 0 N–H and O–H groups in total. The molecular weight excluding hydrogens is 346 g/mol. The molecule has 0 spiro atoms. The van der Waals surface area contributed by atoms with Crippen LogP contribution in [0.4, 0.5) is 0 Å². The van der Waals surface area contributed by atoms with E-state index in [1.165, 1.54) is 11.6 Å². The molecule has 3 rings (SSSR count). The first-order chi connectivity index (χ1) is 12.6. The fourth-order valence-electron chi connectivity index (χ4n) is 2.30. The number of carbonyl (C=O) groups excluding carboxylic acids is 1. The molecule has 0 saturated carbocycles. The van der Waals surface area contributed by atoms with E-state index in [9.17, 15) is 4.79 Å². The van der Waals surface area contributed by atoms with Crippen LogP contribution in [0, 0.1) is 6.92 Å². The van der Waals surface area contributed by atoms with Gasteiger partial charge in [-0.1, -0.05) is 42.0 Å². The van der Waals surface area contributed by atoms with Gasteiger partial charge < -0.3 is 9.47 Å². The van der Waals surface area contributed by atoms with E-state index in [1.54, 1.807) is 24.5 Å². The molecule has 0 amide bonds. The van der Waals surface area contributed by atoms with Gasteiger partial charge in [0.1, 0.15) is 17.4 Å². The number of hydrogen-bond acceptors (Lipinski definition) is 5. The highest BCUT2D eigenvalue weighted by atomic mass is 32.1. The van der Waals surface area contributed by atoms with Crippen LogP contribution in [-0.4, -0.2) is 18.1 Å². The molecular formula is C21H19NO3S. The molecule has 0 saturated heterocycles. The van der Waals surface area contributed by atoms with Crippen LogP contribution >= 0.6 is 11.3 Å². The predicted molar refractivity (Wildman–Crippen MR) is 104 cm³/mol. The Bertz CT molecular complexity index is 913. The maximum absolute atomic E-state index is 11.9. The van der Waals surface area contributed by atoms with Crippen LogP contribution in [0.15, 0.2) is 60.0 Å². The lowest BCUT2D eigenvalue weighted by Gasteiger charge is -2.01. The van der Waals surface area contributed by atoms with Crippen molar-refractivity contribution in [1.29, 1.82) is 0 Å². The minimum atomic E-state index is -0.405. The zero-order valence-electron chi connectivity index (χ0n) is 14.6. The number of hydrogen-bond donors (Lipinski definition) is 0. The van der Waals surface area contributed by atoms with Gasteiger partial charge >= 0.3 is 5.97 Å². The van der Waals surface area contributed by atoms with E-state index < -0.39 is 5.97 Å². The Morgan fingerprint density at radius 1 is 1.19 bits per heavy atom. The molecule has 0 bridgehead atoms. The van der Waals surface area contributed by atoms with Gasteiger partial charge in [0.05, 0.1) is 12.8 Å². The third kappa shape index (κ3) is 4.80. The summed E-state index contributed by atoms with van der Waals surface area (Å²) in [5, 5.41) is 2.83. The normalized spacial score (nSPS) is 10.8. The van der Waals surface area contributed by atoms with Crippen LogP contribution in [0.3, 0.4) is 0 Å². The summed E-state index contributed by atoms with van der Waals surface area (Å²) in [6.07, 6.45) is 3.10. The SMILES string of the molecule is COc1cccc(/C=C/C(=O)OCc2csc(-c3ccc(C)cc3)n2)c1. The maximum Gasteiger partial charge on any atom is 0.331 e. The standard InChI is InChI=1S/C21H19NO3S/c1-15-6-9-17(10-7-15)21-22-18(14-26-21)13-25-20(23)11-8-16-4-3-5-19(12-16)24-2/h3-12,14H,13H2,1-2H3/b11-8+. The average molecular weight is 365 g/mol. The lowest BCUT2D eigenvalue weighted by Crippen LogP contribution is -2.01. The van der Waals surface area contributed by atoms with Crippen LogP contribution < -0.4 is 4.74 Å². The van der Waals surface area contributed by atoms with Crippen LogP contribution in [0.25, 0.3) is 16.6 Å². The molecule has 0 atom stereocenters. The average Bonchev–Trinajstić information content (AvgIpc) is 3.14. The topological polar surface area (TPSA) is 48.4 Å². The second-order valence-corrected chi connectivity index (χ2v) is 6.59. The van der Waals surface area contributed by atoms with Gasteiger partial charge in [-0.3, -0.25) is 0 Å². The van der Waals surface area contributed by atoms with Crippen LogP contribution in [0.2, 0.25) is 0 Å². The first kappa shape index (κ1) is 17.9. The Balaban J connectivity index is 1.56. The minimum absolute atomic E-state index is 0.156. The van der Waals surface area contributed by atoms with E-state index in [-0.39, 0.29) is 6.61 Å². The van der Waals surface area contributed by atoms with Crippen LogP contribution in [0.1, 0.15) is 16.8 Å². The summed E-state index contributed by atoms with van der Waals surface area (Å²) in [5.74, 6) is 0.337. The maximum atomic E-state index is 11.9. The zero-order valence-corrected chi connectivity index (χ0v) is 15.5. The highest BCUT2D eigenvalue weighted by molar-refractivity contribution is 7.13. The van der Waals surface area contributed by atoms with E-state index in [0.29, 0.717) is 0 Å². The number of carbonyl (C=O) groups is 1. The minimum Gasteiger partial charge on any atom is -0.497 e. The number of thiazole rings is 1. The Kier molecular flexibility index (Phi) is 5.81. The van der Waals surface area contributed by atoms with Gasteiger partial charge in [-0.2, -0.15) is 0 Å². The first-order valence-electron chi connectivity index (χ1n) is 8.14. The lowest BCUT2D eigenvalue weighted by molar-refractivity contribution is -0.139. The lowest BCUT2D eigenvalue weighted by atomic mass is 10.2. The van der Waals surface area contributed by atoms with Gasteiger partial charge in [0, 0.05) is 17.0 Å².